The first-order valence-corrected chi connectivity index (χ1v) is 6.90. The highest BCUT2D eigenvalue weighted by Gasteiger charge is 2.05. The number of rotatable bonds is 4. The van der Waals surface area contributed by atoms with Crippen LogP contribution in [0.2, 0.25) is 0 Å². The molecule has 2 rings (SSSR count). The van der Waals surface area contributed by atoms with E-state index in [0.29, 0.717) is 18.7 Å². The van der Waals surface area contributed by atoms with Crippen LogP contribution in [0.1, 0.15) is 17.5 Å². The monoisotopic (exact) mass is 318 g/mol. The number of hydrogen-bond donors (Lipinski definition) is 1. The van der Waals surface area contributed by atoms with Crippen LogP contribution < -0.4 is 5.32 Å². The molecule has 0 aliphatic rings. The Balaban J connectivity index is 1.90. The van der Waals surface area contributed by atoms with E-state index in [1.165, 1.54) is 0 Å². The fraction of sp³-hybridized carbons (Fsp3) is 0.200. The second-order valence-electron chi connectivity index (χ2n) is 4.36. The molecular weight excluding hydrogens is 304 g/mol. The fourth-order valence-electron chi connectivity index (χ4n) is 1.76. The lowest BCUT2D eigenvalue weighted by atomic mass is 10.1. The third-order valence-corrected chi connectivity index (χ3v) is 3.54. The van der Waals surface area contributed by atoms with Gasteiger partial charge in [0.2, 0.25) is 5.91 Å². The van der Waals surface area contributed by atoms with Gasteiger partial charge < -0.3 is 5.32 Å². The average Bonchev–Trinajstić information content (AvgIpc) is 2.38. The Morgan fingerprint density at radius 3 is 2.84 bits per heavy atom. The zero-order valence-corrected chi connectivity index (χ0v) is 12.3. The van der Waals surface area contributed by atoms with Crippen molar-refractivity contribution in [3.05, 3.63) is 58.2 Å². The van der Waals surface area contributed by atoms with Crippen LogP contribution >= 0.6 is 15.9 Å². The number of amides is 1. The molecule has 0 fully saturated rings. The number of halogens is 1. The molecule has 19 heavy (non-hydrogen) atoms. The lowest BCUT2D eigenvalue weighted by Gasteiger charge is -2.06. The summed E-state index contributed by atoms with van der Waals surface area (Å²) < 4.78 is 1.04. The maximum atomic E-state index is 11.8. The quantitative estimate of drug-likeness (QED) is 0.933. The van der Waals surface area contributed by atoms with E-state index in [4.69, 9.17) is 0 Å². The second kappa shape index (κ2) is 6.48. The predicted molar refractivity (Wildman–Crippen MR) is 80.1 cm³/mol. The van der Waals surface area contributed by atoms with Gasteiger partial charge in [0.05, 0.1) is 0 Å². The van der Waals surface area contributed by atoms with E-state index in [9.17, 15) is 4.79 Å². The van der Waals surface area contributed by atoms with Crippen LogP contribution in [0.25, 0.3) is 0 Å². The minimum atomic E-state index is -0.0196. The number of nitrogens with zero attached hydrogens (tertiary/aromatic N) is 1. The van der Waals surface area contributed by atoms with Gasteiger partial charge in [0, 0.05) is 17.1 Å². The lowest BCUT2D eigenvalue weighted by Crippen LogP contribution is -2.13. The Hall–Kier alpha value is -1.68. The molecule has 0 aliphatic carbocycles. The molecule has 0 aliphatic heterocycles. The number of aryl methyl sites for hydroxylation is 2. The van der Waals surface area contributed by atoms with Gasteiger partial charge in [0.1, 0.15) is 5.82 Å². The van der Waals surface area contributed by atoms with Gasteiger partial charge in [0.15, 0.2) is 0 Å². The van der Waals surface area contributed by atoms with Gasteiger partial charge in [-0.15, -0.1) is 0 Å². The molecule has 0 saturated carbocycles. The number of anilines is 1. The van der Waals surface area contributed by atoms with Crippen LogP contribution in [0, 0.1) is 6.92 Å². The van der Waals surface area contributed by atoms with Crippen molar-refractivity contribution in [3.63, 3.8) is 0 Å². The third-order valence-electron chi connectivity index (χ3n) is 2.76. The van der Waals surface area contributed by atoms with Crippen molar-refractivity contribution in [3.8, 4) is 0 Å². The smallest absolute Gasteiger partial charge is 0.225 e. The molecule has 0 spiro atoms. The normalized spacial score (nSPS) is 10.2. The van der Waals surface area contributed by atoms with Crippen LogP contribution in [-0.4, -0.2) is 10.9 Å². The third kappa shape index (κ3) is 4.17. The number of nitrogens with one attached hydrogen (secondary N) is 1. The number of pyridine rings is 1. The number of benzene rings is 1. The molecule has 1 amide bonds. The summed E-state index contributed by atoms with van der Waals surface area (Å²) in [5.41, 5.74) is 2.21. The summed E-state index contributed by atoms with van der Waals surface area (Å²) in [6.07, 6.45) is 2.84. The van der Waals surface area contributed by atoms with Crippen molar-refractivity contribution in [2.24, 2.45) is 0 Å². The Bertz CT molecular complexity index is 584. The molecule has 1 aromatic heterocycles. The van der Waals surface area contributed by atoms with Crippen LogP contribution in [0.15, 0.2) is 47.1 Å². The molecule has 1 aromatic carbocycles. The Morgan fingerprint density at radius 1 is 1.32 bits per heavy atom. The number of carbonyl (C=O) groups is 1. The van der Waals surface area contributed by atoms with E-state index < -0.39 is 0 Å². The standard InChI is InChI=1S/C15H15BrN2O/c1-11-8-9-17-14(10-11)18-15(19)7-6-12-4-2-3-5-13(12)16/h2-5,8-10H,6-7H2,1H3,(H,17,18,19). The number of aromatic nitrogens is 1. The summed E-state index contributed by atoms with van der Waals surface area (Å²) in [6, 6.07) is 11.7. The van der Waals surface area contributed by atoms with E-state index in [-0.39, 0.29) is 5.91 Å². The number of carbonyl (C=O) groups excluding carboxylic acids is 1. The van der Waals surface area contributed by atoms with Crippen LogP contribution in [0.3, 0.4) is 0 Å². The highest BCUT2D eigenvalue weighted by molar-refractivity contribution is 9.10. The zero-order valence-electron chi connectivity index (χ0n) is 10.7. The Morgan fingerprint density at radius 2 is 2.11 bits per heavy atom. The van der Waals surface area contributed by atoms with Gasteiger partial charge in [-0.3, -0.25) is 4.79 Å². The lowest BCUT2D eigenvalue weighted by molar-refractivity contribution is -0.116. The minimum Gasteiger partial charge on any atom is -0.311 e. The van der Waals surface area contributed by atoms with Crippen LogP contribution in [0.5, 0.6) is 0 Å². The van der Waals surface area contributed by atoms with E-state index in [0.717, 1.165) is 15.6 Å². The minimum absolute atomic E-state index is 0.0196. The van der Waals surface area contributed by atoms with Crippen molar-refractivity contribution >= 4 is 27.7 Å². The van der Waals surface area contributed by atoms with Gasteiger partial charge in [-0.1, -0.05) is 34.1 Å². The predicted octanol–water partition coefficient (Wildman–Crippen LogP) is 3.72. The molecule has 0 unspecified atom stereocenters. The van der Waals surface area contributed by atoms with Crippen molar-refractivity contribution in [1.29, 1.82) is 0 Å². The topological polar surface area (TPSA) is 42.0 Å². The Labute approximate surface area is 121 Å². The first-order valence-electron chi connectivity index (χ1n) is 6.11. The summed E-state index contributed by atoms with van der Waals surface area (Å²) in [4.78, 5) is 16.0. The fourth-order valence-corrected chi connectivity index (χ4v) is 2.24. The maximum Gasteiger partial charge on any atom is 0.225 e. The SMILES string of the molecule is Cc1ccnc(NC(=O)CCc2ccccc2Br)c1. The van der Waals surface area contributed by atoms with Gasteiger partial charge in [-0.05, 0) is 42.7 Å². The van der Waals surface area contributed by atoms with Gasteiger partial charge >= 0.3 is 0 Å². The van der Waals surface area contributed by atoms with E-state index >= 15 is 0 Å². The zero-order chi connectivity index (χ0) is 13.7. The van der Waals surface area contributed by atoms with Crippen LogP contribution in [0.4, 0.5) is 5.82 Å². The molecule has 2 aromatic rings. The molecule has 1 N–H and O–H groups in total. The average molecular weight is 319 g/mol. The molecule has 1 heterocycles. The first-order chi connectivity index (χ1) is 9.15. The molecule has 0 radical (unpaired) electrons. The van der Waals surface area contributed by atoms with Gasteiger partial charge in [-0.25, -0.2) is 4.98 Å². The van der Waals surface area contributed by atoms with E-state index in [2.05, 4.69) is 26.2 Å². The van der Waals surface area contributed by atoms with E-state index in [1.807, 2.05) is 43.3 Å². The Kier molecular flexibility index (Phi) is 4.68. The van der Waals surface area contributed by atoms with Gasteiger partial charge in [0.25, 0.3) is 0 Å². The summed E-state index contributed by atoms with van der Waals surface area (Å²) >= 11 is 3.48. The molecule has 4 heteroatoms. The maximum absolute atomic E-state index is 11.8. The summed E-state index contributed by atoms with van der Waals surface area (Å²) in [6.45, 7) is 1.97. The highest BCUT2D eigenvalue weighted by atomic mass is 79.9. The van der Waals surface area contributed by atoms with Crippen molar-refractivity contribution in [1.82, 2.24) is 4.98 Å². The molecule has 98 valence electrons. The van der Waals surface area contributed by atoms with Crippen molar-refractivity contribution < 1.29 is 4.79 Å². The summed E-state index contributed by atoms with van der Waals surface area (Å²) in [5, 5.41) is 2.81. The van der Waals surface area contributed by atoms with Crippen LogP contribution in [-0.2, 0) is 11.2 Å². The summed E-state index contributed by atoms with van der Waals surface area (Å²) in [7, 11) is 0. The highest BCUT2D eigenvalue weighted by Crippen LogP contribution is 2.17. The summed E-state index contributed by atoms with van der Waals surface area (Å²) in [5.74, 6) is 0.589. The molecular formula is C15H15BrN2O. The largest absolute Gasteiger partial charge is 0.311 e. The van der Waals surface area contributed by atoms with Gasteiger partial charge in [-0.2, -0.15) is 0 Å². The number of hydrogen-bond acceptors (Lipinski definition) is 2. The van der Waals surface area contributed by atoms with Crippen molar-refractivity contribution in [2.75, 3.05) is 5.32 Å². The second-order valence-corrected chi connectivity index (χ2v) is 5.21. The van der Waals surface area contributed by atoms with E-state index in [1.54, 1.807) is 6.20 Å². The molecule has 3 nitrogen and oxygen atoms in total. The molecule has 0 bridgehead atoms. The molecule has 0 saturated heterocycles. The van der Waals surface area contributed by atoms with Crippen molar-refractivity contribution in [2.45, 2.75) is 19.8 Å². The first kappa shape index (κ1) is 13.7. The molecule has 0 atom stereocenters.